The Hall–Kier alpha value is -1.24. The Kier molecular flexibility index (Phi) is 3.99. The van der Waals surface area contributed by atoms with Gasteiger partial charge >= 0.3 is 0 Å². The second kappa shape index (κ2) is 6.00. The fraction of sp³-hybridized carbons (Fsp3) is 0.647. The number of β-amino-alcohol motifs (C(OH)–C–C–N with tert-alkyl or cyclic N) is 1. The zero-order valence-corrected chi connectivity index (χ0v) is 14.7. The van der Waals surface area contributed by atoms with Crippen LogP contribution in [0.3, 0.4) is 0 Å². The second-order valence-corrected chi connectivity index (χ2v) is 7.85. The Balaban J connectivity index is 1.64. The quantitative estimate of drug-likeness (QED) is 0.932. The molecule has 0 aromatic carbocycles. The molecule has 1 fully saturated rings. The predicted octanol–water partition coefficient (Wildman–Crippen LogP) is 1.99. The molecule has 0 radical (unpaired) electrons. The van der Waals surface area contributed by atoms with E-state index in [1.807, 2.05) is 25.2 Å². The number of rotatable bonds is 3. The van der Waals surface area contributed by atoms with Gasteiger partial charge in [-0.2, -0.15) is 0 Å². The minimum Gasteiger partial charge on any atom is -0.392 e. The van der Waals surface area contributed by atoms with Gasteiger partial charge in [-0.3, -0.25) is 4.90 Å². The van der Waals surface area contributed by atoms with Gasteiger partial charge in [0.1, 0.15) is 16.5 Å². The summed E-state index contributed by atoms with van der Waals surface area (Å²) in [7, 11) is 0. The Morgan fingerprint density at radius 2 is 1.96 bits per heavy atom. The van der Waals surface area contributed by atoms with Crippen LogP contribution in [-0.2, 0) is 12.8 Å². The SMILES string of the molecule is Cc1nc(N2CCN(C[C@@H](C)O)CC2)c2c3c(sc2n1)CCC3. The Bertz CT molecular complexity index is 719. The molecule has 0 spiro atoms. The molecule has 1 atom stereocenters. The van der Waals surface area contributed by atoms with Gasteiger partial charge in [0.05, 0.1) is 11.5 Å². The first-order valence-electron chi connectivity index (χ1n) is 8.56. The lowest BCUT2D eigenvalue weighted by molar-refractivity contribution is 0.122. The molecule has 2 aromatic heterocycles. The van der Waals surface area contributed by atoms with E-state index in [4.69, 9.17) is 4.98 Å². The van der Waals surface area contributed by atoms with Gasteiger partial charge < -0.3 is 10.0 Å². The molecule has 1 aliphatic carbocycles. The first-order valence-corrected chi connectivity index (χ1v) is 9.37. The van der Waals surface area contributed by atoms with E-state index in [2.05, 4.69) is 14.8 Å². The number of aryl methyl sites for hydroxylation is 3. The molecule has 1 N–H and O–H groups in total. The lowest BCUT2D eigenvalue weighted by Crippen LogP contribution is -2.48. The fourth-order valence-corrected chi connectivity index (χ4v) is 5.13. The molecule has 3 heterocycles. The van der Waals surface area contributed by atoms with E-state index in [0.717, 1.165) is 44.4 Å². The number of aromatic nitrogens is 2. The molecule has 0 saturated carbocycles. The normalized spacial score (nSPS) is 20.2. The van der Waals surface area contributed by atoms with Crippen molar-refractivity contribution in [1.82, 2.24) is 14.9 Å². The lowest BCUT2D eigenvalue weighted by Gasteiger charge is -2.36. The van der Waals surface area contributed by atoms with Gasteiger partial charge in [0, 0.05) is 37.6 Å². The third-order valence-electron chi connectivity index (χ3n) is 4.85. The molecule has 1 aliphatic heterocycles. The summed E-state index contributed by atoms with van der Waals surface area (Å²) in [6.07, 6.45) is 3.40. The topological polar surface area (TPSA) is 52.5 Å². The molecule has 124 valence electrons. The zero-order chi connectivity index (χ0) is 16.0. The van der Waals surface area contributed by atoms with Crippen molar-refractivity contribution >= 4 is 27.4 Å². The van der Waals surface area contributed by atoms with Crippen LogP contribution in [0.4, 0.5) is 5.82 Å². The van der Waals surface area contributed by atoms with Crippen molar-refractivity contribution in [3.63, 3.8) is 0 Å². The molecule has 0 bridgehead atoms. The van der Waals surface area contributed by atoms with E-state index in [0.29, 0.717) is 0 Å². The van der Waals surface area contributed by atoms with Crippen LogP contribution in [-0.4, -0.2) is 58.8 Å². The van der Waals surface area contributed by atoms with Crippen molar-refractivity contribution in [3.8, 4) is 0 Å². The van der Waals surface area contributed by atoms with Crippen LogP contribution in [0.1, 0.15) is 29.6 Å². The smallest absolute Gasteiger partial charge is 0.141 e. The lowest BCUT2D eigenvalue weighted by atomic mass is 10.1. The zero-order valence-electron chi connectivity index (χ0n) is 13.9. The summed E-state index contributed by atoms with van der Waals surface area (Å²) in [5, 5.41) is 10.9. The second-order valence-electron chi connectivity index (χ2n) is 6.77. The monoisotopic (exact) mass is 332 g/mol. The molecule has 4 rings (SSSR count). The van der Waals surface area contributed by atoms with E-state index in [-0.39, 0.29) is 6.10 Å². The maximum Gasteiger partial charge on any atom is 0.141 e. The number of aliphatic hydroxyl groups excluding tert-OH is 1. The number of aliphatic hydroxyl groups is 1. The summed E-state index contributed by atoms with van der Waals surface area (Å²) in [4.78, 5) is 16.9. The number of hydrogen-bond acceptors (Lipinski definition) is 6. The van der Waals surface area contributed by atoms with Gasteiger partial charge in [0.2, 0.25) is 0 Å². The minimum absolute atomic E-state index is 0.255. The van der Waals surface area contributed by atoms with Crippen molar-refractivity contribution in [1.29, 1.82) is 0 Å². The number of fused-ring (bicyclic) bond motifs is 3. The molecular weight excluding hydrogens is 308 g/mol. The molecular formula is C17H24N4OS. The summed E-state index contributed by atoms with van der Waals surface area (Å²) in [6, 6.07) is 0. The maximum atomic E-state index is 9.57. The van der Waals surface area contributed by atoms with Gasteiger partial charge in [-0.05, 0) is 38.7 Å². The van der Waals surface area contributed by atoms with Crippen LogP contribution in [0, 0.1) is 6.92 Å². The summed E-state index contributed by atoms with van der Waals surface area (Å²) < 4.78 is 0. The molecule has 2 aromatic rings. The van der Waals surface area contributed by atoms with Crippen LogP contribution in [0.15, 0.2) is 0 Å². The van der Waals surface area contributed by atoms with Crippen LogP contribution in [0.25, 0.3) is 10.2 Å². The first kappa shape index (κ1) is 15.3. The van der Waals surface area contributed by atoms with Gasteiger partial charge in [0.15, 0.2) is 0 Å². The number of thiophene rings is 1. The van der Waals surface area contributed by atoms with Gasteiger partial charge in [-0.1, -0.05) is 0 Å². The fourth-order valence-electron chi connectivity index (χ4n) is 3.83. The summed E-state index contributed by atoms with van der Waals surface area (Å²) in [6.45, 7) is 8.55. The van der Waals surface area contributed by atoms with E-state index >= 15 is 0 Å². The number of anilines is 1. The van der Waals surface area contributed by atoms with Crippen molar-refractivity contribution in [2.75, 3.05) is 37.6 Å². The third-order valence-corrected chi connectivity index (χ3v) is 6.04. The highest BCUT2D eigenvalue weighted by Gasteiger charge is 2.26. The largest absolute Gasteiger partial charge is 0.392 e. The van der Waals surface area contributed by atoms with Crippen LogP contribution in [0.5, 0.6) is 0 Å². The van der Waals surface area contributed by atoms with E-state index in [1.165, 1.54) is 39.9 Å². The first-order chi connectivity index (χ1) is 11.1. The van der Waals surface area contributed by atoms with Crippen molar-refractivity contribution in [3.05, 3.63) is 16.3 Å². The third kappa shape index (κ3) is 2.84. The molecule has 6 heteroatoms. The minimum atomic E-state index is -0.255. The van der Waals surface area contributed by atoms with Crippen LogP contribution >= 0.6 is 11.3 Å². The summed E-state index contributed by atoms with van der Waals surface area (Å²) in [5.74, 6) is 2.02. The van der Waals surface area contributed by atoms with Crippen molar-refractivity contribution in [2.24, 2.45) is 0 Å². The van der Waals surface area contributed by atoms with Crippen molar-refractivity contribution < 1.29 is 5.11 Å². The molecule has 0 unspecified atom stereocenters. The van der Waals surface area contributed by atoms with Gasteiger partial charge in [0.25, 0.3) is 0 Å². The predicted molar refractivity (Wildman–Crippen MR) is 94.5 cm³/mol. The van der Waals surface area contributed by atoms with Crippen LogP contribution in [0.2, 0.25) is 0 Å². The standard InChI is InChI=1S/C17H24N4OS/c1-11(22)10-20-6-8-21(9-7-20)16-15-13-4-3-5-14(13)23-17(15)19-12(2)18-16/h11,22H,3-10H2,1-2H3/t11-/m1/s1. The average molecular weight is 332 g/mol. The average Bonchev–Trinajstić information content (AvgIpc) is 3.06. The number of hydrogen-bond donors (Lipinski definition) is 1. The van der Waals surface area contributed by atoms with E-state index < -0.39 is 0 Å². The van der Waals surface area contributed by atoms with E-state index in [9.17, 15) is 5.11 Å². The Morgan fingerprint density at radius 3 is 2.70 bits per heavy atom. The Morgan fingerprint density at radius 1 is 1.17 bits per heavy atom. The molecule has 2 aliphatic rings. The van der Waals surface area contributed by atoms with E-state index in [1.54, 1.807) is 0 Å². The molecule has 0 amide bonds. The number of nitrogens with zero attached hydrogens (tertiary/aromatic N) is 4. The van der Waals surface area contributed by atoms with Gasteiger partial charge in [-0.25, -0.2) is 9.97 Å². The van der Waals surface area contributed by atoms with Crippen LogP contribution < -0.4 is 4.90 Å². The molecule has 23 heavy (non-hydrogen) atoms. The van der Waals surface area contributed by atoms with Crippen molar-refractivity contribution in [2.45, 2.75) is 39.2 Å². The van der Waals surface area contributed by atoms with Gasteiger partial charge in [-0.15, -0.1) is 11.3 Å². The highest BCUT2D eigenvalue weighted by molar-refractivity contribution is 7.19. The molecule has 1 saturated heterocycles. The summed E-state index contributed by atoms with van der Waals surface area (Å²) >= 11 is 1.87. The highest BCUT2D eigenvalue weighted by Crippen LogP contribution is 2.40. The highest BCUT2D eigenvalue weighted by atomic mass is 32.1. The summed E-state index contributed by atoms with van der Waals surface area (Å²) in [5.41, 5.74) is 1.51. The Labute approximate surface area is 141 Å². The maximum absolute atomic E-state index is 9.57. The molecule has 5 nitrogen and oxygen atoms in total. The number of piperazine rings is 1.